The summed E-state index contributed by atoms with van der Waals surface area (Å²) >= 11 is 0. The van der Waals surface area contributed by atoms with Gasteiger partial charge in [-0.2, -0.15) is 0 Å². The summed E-state index contributed by atoms with van der Waals surface area (Å²) < 4.78 is 24.8. The molecule has 0 bridgehead atoms. The average molecular weight is 364 g/mol. The summed E-state index contributed by atoms with van der Waals surface area (Å²) in [7, 11) is -3.63. The van der Waals surface area contributed by atoms with Crippen LogP contribution in [-0.2, 0) is 16.3 Å². The third-order valence-electron chi connectivity index (χ3n) is 4.23. The number of ketones is 1. The molecule has 3 rings (SSSR count). The lowest BCUT2D eigenvalue weighted by atomic mass is 10.0. The van der Waals surface area contributed by atoms with Crippen LogP contribution in [0.5, 0.6) is 0 Å². The quantitative estimate of drug-likeness (QED) is 0.615. The van der Waals surface area contributed by atoms with Gasteiger partial charge in [-0.15, -0.1) is 0 Å². The lowest BCUT2D eigenvalue weighted by molar-refractivity contribution is 0.102. The maximum Gasteiger partial charge on any atom is 0.185 e. The van der Waals surface area contributed by atoms with Crippen molar-refractivity contribution in [3.63, 3.8) is 0 Å². The van der Waals surface area contributed by atoms with E-state index in [4.69, 9.17) is 0 Å². The molecule has 0 saturated heterocycles. The predicted molar refractivity (Wildman–Crippen MR) is 103 cm³/mol. The SMILES string of the molecule is Cc1ccc(S(=O)(=O)CC(=O)c2ccc(Cc3ccccc3)cc2)cc1. The van der Waals surface area contributed by atoms with Crippen LogP contribution in [-0.4, -0.2) is 20.0 Å². The molecule has 0 atom stereocenters. The van der Waals surface area contributed by atoms with E-state index < -0.39 is 21.4 Å². The number of hydrogen-bond donors (Lipinski definition) is 0. The van der Waals surface area contributed by atoms with E-state index in [0.717, 1.165) is 17.5 Å². The maximum atomic E-state index is 12.4. The monoisotopic (exact) mass is 364 g/mol. The Morgan fingerprint density at radius 3 is 1.96 bits per heavy atom. The van der Waals surface area contributed by atoms with Crippen molar-refractivity contribution in [2.45, 2.75) is 18.2 Å². The van der Waals surface area contributed by atoms with Crippen LogP contribution in [0.25, 0.3) is 0 Å². The second kappa shape index (κ2) is 7.67. The van der Waals surface area contributed by atoms with Gasteiger partial charge in [0, 0.05) is 5.56 Å². The summed E-state index contributed by atoms with van der Waals surface area (Å²) in [5, 5.41) is 0. The normalized spacial score (nSPS) is 11.3. The van der Waals surface area contributed by atoms with Crippen LogP contribution in [0.1, 0.15) is 27.0 Å². The molecule has 0 radical (unpaired) electrons. The number of benzene rings is 3. The van der Waals surface area contributed by atoms with Crippen molar-refractivity contribution in [1.29, 1.82) is 0 Å². The molecule has 0 aliphatic carbocycles. The van der Waals surface area contributed by atoms with Gasteiger partial charge in [0.15, 0.2) is 15.6 Å². The van der Waals surface area contributed by atoms with Gasteiger partial charge < -0.3 is 0 Å². The van der Waals surface area contributed by atoms with Gasteiger partial charge >= 0.3 is 0 Å². The van der Waals surface area contributed by atoms with Gasteiger partial charge in [0.2, 0.25) is 0 Å². The fraction of sp³-hybridized carbons (Fsp3) is 0.136. The van der Waals surface area contributed by atoms with Gasteiger partial charge in [0.1, 0.15) is 5.75 Å². The molecule has 0 spiro atoms. The highest BCUT2D eigenvalue weighted by Gasteiger charge is 2.20. The molecule has 0 heterocycles. The Balaban J connectivity index is 1.71. The number of carbonyl (C=O) groups excluding carboxylic acids is 1. The van der Waals surface area contributed by atoms with Gasteiger partial charge in [0.05, 0.1) is 4.90 Å². The summed E-state index contributed by atoms with van der Waals surface area (Å²) in [6, 6.07) is 23.7. The first-order chi connectivity index (χ1) is 12.4. The van der Waals surface area contributed by atoms with E-state index in [2.05, 4.69) is 0 Å². The Bertz CT molecular complexity index is 988. The number of carbonyl (C=O) groups is 1. The van der Waals surface area contributed by atoms with E-state index in [-0.39, 0.29) is 4.90 Å². The van der Waals surface area contributed by atoms with E-state index in [9.17, 15) is 13.2 Å². The zero-order valence-corrected chi connectivity index (χ0v) is 15.4. The standard InChI is InChI=1S/C22H20O3S/c1-17-7-13-21(14-8-17)26(24,25)16-22(23)20-11-9-19(10-12-20)15-18-5-3-2-4-6-18/h2-14H,15-16H2,1H3. The van der Waals surface area contributed by atoms with Gasteiger partial charge in [-0.05, 0) is 36.6 Å². The fourth-order valence-corrected chi connectivity index (χ4v) is 3.95. The highest BCUT2D eigenvalue weighted by atomic mass is 32.2. The van der Waals surface area contributed by atoms with Crippen LogP contribution in [0.3, 0.4) is 0 Å². The van der Waals surface area contributed by atoms with Crippen LogP contribution in [0.4, 0.5) is 0 Å². The summed E-state index contributed by atoms with van der Waals surface area (Å²) in [6.07, 6.45) is 0.775. The number of Topliss-reactive ketones (excluding diaryl/α,β-unsaturated/α-hetero) is 1. The molecule has 0 saturated carbocycles. The van der Waals surface area contributed by atoms with Crippen molar-refractivity contribution in [1.82, 2.24) is 0 Å². The molecule has 3 aromatic rings. The van der Waals surface area contributed by atoms with Crippen molar-refractivity contribution in [3.05, 3.63) is 101 Å². The predicted octanol–water partition coefficient (Wildman–Crippen LogP) is 4.24. The van der Waals surface area contributed by atoms with Crippen LogP contribution in [0.15, 0.2) is 83.8 Å². The van der Waals surface area contributed by atoms with E-state index in [0.29, 0.717) is 5.56 Å². The molecule has 0 aromatic heterocycles. The fourth-order valence-electron chi connectivity index (χ4n) is 2.72. The molecule has 0 unspecified atom stereocenters. The van der Waals surface area contributed by atoms with Gasteiger partial charge in [0.25, 0.3) is 0 Å². The maximum absolute atomic E-state index is 12.4. The molecule has 4 heteroatoms. The number of rotatable bonds is 6. The smallest absolute Gasteiger partial charge is 0.185 e. The Morgan fingerprint density at radius 1 is 0.769 bits per heavy atom. The minimum absolute atomic E-state index is 0.178. The zero-order chi connectivity index (χ0) is 18.6. The number of hydrogen-bond acceptors (Lipinski definition) is 3. The Morgan fingerprint density at radius 2 is 1.35 bits per heavy atom. The van der Waals surface area contributed by atoms with Crippen molar-refractivity contribution in [2.24, 2.45) is 0 Å². The van der Waals surface area contributed by atoms with Gasteiger partial charge in [-0.3, -0.25) is 4.79 Å². The molecular formula is C22H20O3S. The van der Waals surface area contributed by atoms with Crippen molar-refractivity contribution >= 4 is 15.6 Å². The number of aryl methyl sites for hydroxylation is 1. The summed E-state index contributed by atoms with van der Waals surface area (Å²) in [5.74, 6) is -0.912. The molecule has 0 aliphatic rings. The van der Waals surface area contributed by atoms with Crippen LogP contribution < -0.4 is 0 Å². The first-order valence-corrected chi connectivity index (χ1v) is 10.0. The minimum Gasteiger partial charge on any atom is -0.293 e. The average Bonchev–Trinajstić information content (AvgIpc) is 2.63. The summed E-state index contributed by atoms with van der Waals surface area (Å²) in [5.41, 5.74) is 3.66. The number of sulfone groups is 1. The molecule has 0 amide bonds. The van der Waals surface area contributed by atoms with Gasteiger partial charge in [-0.1, -0.05) is 72.3 Å². The molecule has 26 heavy (non-hydrogen) atoms. The van der Waals surface area contributed by atoms with E-state index >= 15 is 0 Å². The topological polar surface area (TPSA) is 51.2 Å². The molecule has 3 aromatic carbocycles. The first kappa shape index (κ1) is 18.1. The van der Waals surface area contributed by atoms with Crippen molar-refractivity contribution < 1.29 is 13.2 Å². The summed E-state index contributed by atoms with van der Waals surface area (Å²) in [6.45, 7) is 1.89. The lowest BCUT2D eigenvalue weighted by Gasteiger charge is -2.06. The second-order valence-electron chi connectivity index (χ2n) is 6.35. The first-order valence-electron chi connectivity index (χ1n) is 8.39. The third kappa shape index (κ3) is 4.46. The second-order valence-corrected chi connectivity index (χ2v) is 8.34. The molecule has 0 aliphatic heterocycles. The van der Waals surface area contributed by atoms with Crippen molar-refractivity contribution in [2.75, 3.05) is 5.75 Å². The van der Waals surface area contributed by atoms with Crippen molar-refractivity contribution in [3.8, 4) is 0 Å². The third-order valence-corrected chi connectivity index (χ3v) is 5.86. The molecule has 0 fully saturated rings. The molecule has 3 nitrogen and oxygen atoms in total. The van der Waals surface area contributed by atoms with E-state index in [1.165, 1.54) is 5.56 Å². The Hall–Kier alpha value is -2.72. The highest BCUT2D eigenvalue weighted by molar-refractivity contribution is 7.92. The minimum atomic E-state index is -3.63. The zero-order valence-electron chi connectivity index (χ0n) is 14.6. The van der Waals surface area contributed by atoms with Crippen LogP contribution >= 0.6 is 0 Å². The highest BCUT2D eigenvalue weighted by Crippen LogP contribution is 2.15. The molecular weight excluding hydrogens is 344 g/mol. The van der Waals surface area contributed by atoms with Gasteiger partial charge in [-0.25, -0.2) is 8.42 Å². The van der Waals surface area contributed by atoms with Crippen LogP contribution in [0.2, 0.25) is 0 Å². The lowest BCUT2D eigenvalue weighted by Crippen LogP contribution is -2.16. The molecule has 0 N–H and O–H groups in total. The molecule has 132 valence electrons. The van der Waals surface area contributed by atoms with E-state index in [1.807, 2.05) is 49.4 Å². The van der Waals surface area contributed by atoms with E-state index in [1.54, 1.807) is 36.4 Å². The Labute approximate surface area is 154 Å². The largest absolute Gasteiger partial charge is 0.293 e. The summed E-state index contributed by atoms with van der Waals surface area (Å²) in [4.78, 5) is 12.6. The van der Waals surface area contributed by atoms with Crippen LogP contribution in [0, 0.1) is 6.92 Å². The Kier molecular flexibility index (Phi) is 5.33.